The maximum absolute atomic E-state index is 12.0. The van der Waals surface area contributed by atoms with Gasteiger partial charge in [-0.3, -0.25) is 0 Å². The van der Waals surface area contributed by atoms with Crippen LogP contribution < -0.4 is 0 Å². The highest BCUT2D eigenvalue weighted by atomic mass is 32.1. The molecule has 0 aliphatic rings. The molecular formula is C14H20N2O2S. The number of hydrogen-bond acceptors (Lipinski definition) is 4. The van der Waals surface area contributed by atoms with E-state index in [1.165, 1.54) is 0 Å². The fourth-order valence-corrected chi connectivity index (χ4v) is 1.59. The highest BCUT2D eigenvalue weighted by molar-refractivity contribution is 7.79. The zero-order valence-electron chi connectivity index (χ0n) is 12.0. The molecule has 0 fully saturated rings. The second-order valence-electron chi connectivity index (χ2n) is 5.35. The van der Waals surface area contributed by atoms with Crippen LogP contribution in [0.25, 0.3) is 5.57 Å². The third kappa shape index (κ3) is 4.59. The van der Waals surface area contributed by atoms with E-state index in [-0.39, 0.29) is 0 Å². The molecule has 1 aromatic heterocycles. The Kier molecular flexibility index (Phi) is 5.00. The first-order chi connectivity index (χ1) is 8.74. The normalized spacial score (nSPS) is 12.4. The standard InChI is InChI=1S/C14H20N2O2S/c1-9(7-6-8-19)12-15-10(2)11(16-12)13(17)18-14(3,4)5/h7-8H,6H2,1-5H3,(H,15,16)/b9-7+. The smallest absolute Gasteiger partial charge is 0.359 e. The summed E-state index contributed by atoms with van der Waals surface area (Å²) in [4.78, 5) is 19.4. The second-order valence-corrected chi connectivity index (χ2v) is 5.68. The van der Waals surface area contributed by atoms with E-state index in [9.17, 15) is 4.79 Å². The molecule has 0 radical (unpaired) electrons. The van der Waals surface area contributed by atoms with Gasteiger partial charge in [-0.2, -0.15) is 0 Å². The molecule has 5 heteroatoms. The van der Waals surface area contributed by atoms with Crippen molar-refractivity contribution in [2.45, 2.75) is 46.6 Å². The second kappa shape index (κ2) is 6.10. The van der Waals surface area contributed by atoms with Gasteiger partial charge in [0.2, 0.25) is 0 Å². The van der Waals surface area contributed by atoms with E-state index < -0.39 is 11.6 Å². The molecule has 4 nitrogen and oxygen atoms in total. The molecule has 1 heterocycles. The lowest BCUT2D eigenvalue weighted by atomic mass is 10.2. The number of imidazole rings is 1. The molecule has 0 aromatic carbocycles. The molecule has 19 heavy (non-hydrogen) atoms. The number of aromatic nitrogens is 2. The first kappa shape index (κ1) is 15.6. The van der Waals surface area contributed by atoms with Crippen LogP contribution in [0.15, 0.2) is 6.08 Å². The molecule has 0 aliphatic carbocycles. The van der Waals surface area contributed by atoms with E-state index in [4.69, 9.17) is 17.0 Å². The van der Waals surface area contributed by atoms with Crippen molar-refractivity contribution in [1.29, 1.82) is 0 Å². The molecule has 0 spiro atoms. The number of aromatic amines is 1. The summed E-state index contributed by atoms with van der Waals surface area (Å²) in [5, 5.41) is 1.65. The molecule has 1 aromatic rings. The van der Waals surface area contributed by atoms with Crippen LogP contribution in [0.1, 0.15) is 56.1 Å². The van der Waals surface area contributed by atoms with Crippen molar-refractivity contribution < 1.29 is 9.53 Å². The van der Waals surface area contributed by atoms with E-state index in [0.29, 0.717) is 23.6 Å². The van der Waals surface area contributed by atoms with Gasteiger partial charge in [0.25, 0.3) is 0 Å². The quantitative estimate of drug-likeness (QED) is 0.678. The number of H-pyrrole nitrogens is 1. The average molecular weight is 280 g/mol. The maximum atomic E-state index is 12.0. The molecule has 1 N–H and O–H groups in total. The lowest BCUT2D eigenvalue weighted by Gasteiger charge is -2.18. The lowest BCUT2D eigenvalue weighted by molar-refractivity contribution is 0.00626. The fraction of sp³-hybridized carbons (Fsp3) is 0.500. The number of nitrogens with zero attached hydrogens (tertiary/aromatic N) is 1. The topological polar surface area (TPSA) is 55.0 Å². The maximum Gasteiger partial charge on any atom is 0.359 e. The Labute approximate surface area is 119 Å². The summed E-state index contributed by atoms with van der Waals surface area (Å²) in [6.07, 6.45) is 2.66. The van der Waals surface area contributed by atoms with E-state index in [0.717, 1.165) is 5.57 Å². The van der Waals surface area contributed by atoms with Gasteiger partial charge in [0, 0.05) is 5.69 Å². The van der Waals surface area contributed by atoms with Crippen LogP contribution in [0.3, 0.4) is 0 Å². The van der Waals surface area contributed by atoms with Crippen LogP contribution in [0.4, 0.5) is 0 Å². The molecule has 104 valence electrons. The molecule has 1 rings (SSSR count). The van der Waals surface area contributed by atoms with E-state index >= 15 is 0 Å². The Morgan fingerprint density at radius 2 is 2.11 bits per heavy atom. The fourth-order valence-electron chi connectivity index (χ4n) is 1.49. The van der Waals surface area contributed by atoms with Gasteiger partial charge >= 0.3 is 5.97 Å². The van der Waals surface area contributed by atoms with Crippen molar-refractivity contribution in [2.75, 3.05) is 0 Å². The van der Waals surface area contributed by atoms with Crippen LogP contribution in [0.2, 0.25) is 0 Å². The SMILES string of the molecule is C/C(=C\CC=S)c1nc(C(=O)OC(C)(C)C)c(C)[nH]1. The van der Waals surface area contributed by atoms with Gasteiger partial charge in [0.1, 0.15) is 11.4 Å². The minimum absolute atomic E-state index is 0.333. The van der Waals surface area contributed by atoms with Crippen molar-refractivity contribution in [2.24, 2.45) is 0 Å². The molecule has 0 saturated carbocycles. The van der Waals surface area contributed by atoms with E-state index in [1.807, 2.05) is 40.7 Å². The molecule has 0 saturated heterocycles. The van der Waals surface area contributed by atoms with Crippen molar-refractivity contribution in [3.8, 4) is 0 Å². The van der Waals surface area contributed by atoms with Crippen LogP contribution in [0, 0.1) is 6.92 Å². The zero-order valence-corrected chi connectivity index (χ0v) is 12.9. The first-order valence-electron chi connectivity index (χ1n) is 6.15. The third-order valence-corrected chi connectivity index (χ3v) is 2.56. The Balaban J connectivity index is 2.97. The van der Waals surface area contributed by atoms with Gasteiger partial charge < -0.3 is 9.72 Å². The predicted molar refractivity (Wildman–Crippen MR) is 80.4 cm³/mol. The molecule has 0 aliphatic heterocycles. The minimum Gasteiger partial charge on any atom is -0.455 e. The van der Waals surface area contributed by atoms with Gasteiger partial charge in [0.05, 0.1) is 0 Å². The Morgan fingerprint density at radius 3 is 2.63 bits per heavy atom. The summed E-state index contributed by atoms with van der Waals surface area (Å²) >= 11 is 4.78. The first-order valence-corrected chi connectivity index (χ1v) is 6.62. The van der Waals surface area contributed by atoms with Crippen molar-refractivity contribution in [1.82, 2.24) is 9.97 Å². The summed E-state index contributed by atoms with van der Waals surface area (Å²) in [5.74, 6) is 0.269. The molecular weight excluding hydrogens is 260 g/mol. The zero-order chi connectivity index (χ0) is 14.6. The Hall–Kier alpha value is -1.49. The molecule has 0 unspecified atom stereocenters. The van der Waals surface area contributed by atoms with Crippen molar-refractivity contribution >= 4 is 29.1 Å². The number of carbonyl (C=O) groups is 1. The summed E-state index contributed by atoms with van der Waals surface area (Å²) < 4.78 is 5.32. The summed E-state index contributed by atoms with van der Waals surface area (Å²) in [6, 6.07) is 0. The summed E-state index contributed by atoms with van der Waals surface area (Å²) in [6.45, 7) is 9.23. The van der Waals surface area contributed by atoms with Gasteiger partial charge in [-0.25, -0.2) is 9.78 Å². The lowest BCUT2D eigenvalue weighted by Crippen LogP contribution is -2.24. The number of thiocarbonyl (C=S) groups is 1. The number of carbonyl (C=O) groups excluding carboxylic acids is 1. The van der Waals surface area contributed by atoms with E-state index in [2.05, 4.69) is 9.97 Å². The minimum atomic E-state index is -0.523. The number of aryl methyl sites for hydroxylation is 1. The highest BCUT2D eigenvalue weighted by Crippen LogP contribution is 2.17. The van der Waals surface area contributed by atoms with Crippen LogP contribution in [-0.4, -0.2) is 26.9 Å². The Morgan fingerprint density at radius 1 is 1.47 bits per heavy atom. The van der Waals surface area contributed by atoms with Crippen LogP contribution in [0.5, 0.6) is 0 Å². The largest absolute Gasteiger partial charge is 0.455 e. The number of rotatable bonds is 4. The van der Waals surface area contributed by atoms with Gasteiger partial charge in [-0.05, 0) is 52.0 Å². The molecule has 0 atom stereocenters. The number of ether oxygens (including phenoxy) is 1. The third-order valence-electron chi connectivity index (χ3n) is 2.37. The molecule has 0 amide bonds. The average Bonchev–Trinajstić information content (AvgIpc) is 2.66. The van der Waals surface area contributed by atoms with Crippen molar-refractivity contribution in [3.63, 3.8) is 0 Å². The number of esters is 1. The van der Waals surface area contributed by atoms with Gasteiger partial charge in [-0.15, -0.1) is 0 Å². The van der Waals surface area contributed by atoms with E-state index in [1.54, 1.807) is 5.37 Å². The highest BCUT2D eigenvalue weighted by Gasteiger charge is 2.22. The monoisotopic (exact) mass is 280 g/mol. The van der Waals surface area contributed by atoms with Crippen LogP contribution >= 0.6 is 12.2 Å². The predicted octanol–water partition coefficient (Wildman–Crippen LogP) is 3.47. The van der Waals surface area contributed by atoms with Crippen molar-refractivity contribution in [3.05, 3.63) is 23.3 Å². The molecule has 0 bridgehead atoms. The summed E-state index contributed by atoms with van der Waals surface area (Å²) in [5.41, 5.74) is 1.48. The summed E-state index contributed by atoms with van der Waals surface area (Å²) in [7, 11) is 0. The van der Waals surface area contributed by atoms with Crippen LogP contribution in [-0.2, 0) is 4.74 Å². The van der Waals surface area contributed by atoms with Gasteiger partial charge in [-0.1, -0.05) is 18.3 Å². The number of hydrogen-bond donors (Lipinski definition) is 1. The number of allylic oxidation sites excluding steroid dienone is 2. The number of nitrogens with one attached hydrogen (secondary N) is 1. The Bertz CT molecular complexity index is 510. The van der Waals surface area contributed by atoms with Gasteiger partial charge in [0.15, 0.2) is 5.69 Å².